The molecule has 0 aromatic heterocycles. The first-order valence-electron chi connectivity index (χ1n) is 5.20. The largest absolute Gasteiger partial charge is 0.457 e. The average molecular weight is 308 g/mol. The first-order valence-corrected chi connectivity index (χ1v) is 5.95. The quantitative estimate of drug-likeness (QED) is 0.474. The maximum absolute atomic E-state index is 11.8. The second-order valence-electron chi connectivity index (χ2n) is 3.72. The van der Waals surface area contributed by atoms with Crippen LogP contribution in [0.5, 0.6) is 0 Å². The predicted molar refractivity (Wildman–Crippen MR) is 69.9 cm³/mol. The SMILES string of the molecule is COCC(C)OC(=O)c1cc(Cl)c(Cl)c([N+](=O)[O-])c1. The average Bonchev–Trinajstić information content (AvgIpc) is 2.32. The summed E-state index contributed by atoms with van der Waals surface area (Å²) in [6, 6.07) is 2.24. The van der Waals surface area contributed by atoms with E-state index in [0.717, 1.165) is 6.07 Å². The Bertz CT molecular complexity index is 506. The van der Waals surface area contributed by atoms with Gasteiger partial charge in [0.15, 0.2) is 0 Å². The molecule has 1 aromatic carbocycles. The maximum Gasteiger partial charge on any atom is 0.338 e. The van der Waals surface area contributed by atoms with Crippen molar-refractivity contribution in [1.82, 2.24) is 0 Å². The number of benzene rings is 1. The van der Waals surface area contributed by atoms with Gasteiger partial charge in [-0.05, 0) is 13.0 Å². The monoisotopic (exact) mass is 307 g/mol. The van der Waals surface area contributed by atoms with Crippen LogP contribution >= 0.6 is 23.2 Å². The number of halogens is 2. The molecule has 0 amide bonds. The third-order valence-electron chi connectivity index (χ3n) is 2.15. The van der Waals surface area contributed by atoms with E-state index in [1.807, 2.05) is 0 Å². The molecule has 0 N–H and O–H groups in total. The number of nitro benzene ring substituents is 1. The van der Waals surface area contributed by atoms with Crippen LogP contribution in [0.2, 0.25) is 10.0 Å². The fourth-order valence-corrected chi connectivity index (χ4v) is 1.74. The molecule has 0 bridgehead atoms. The minimum Gasteiger partial charge on any atom is -0.457 e. The van der Waals surface area contributed by atoms with Crippen LogP contribution in [0.3, 0.4) is 0 Å². The van der Waals surface area contributed by atoms with Crippen molar-refractivity contribution in [3.8, 4) is 0 Å². The second kappa shape index (κ2) is 6.70. The molecule has 0 aliphatic heterocycles. The Morgan fingerprint density at radius 3 is 2.63 bits per heavy atom. The van der Waals surface area contributed by atoms with Gasteiger partial charge in [0.1, 0.15) is 11.1 Å². The highest BCUT2D eigenvalue weighted by molar-refractivity contribution is 6.43. The van der Waals surface area contributed by atoms with Crippen molar-refractivity contribution in [3.05, 3.63) is 37.9 Å². The molecule has 0 radical (unpaired) electrons. The first kappa shape index (κ1) is 15.7. The molecule has 0 heterocycles. The van der Waals surface area contributed by atoms with Crippen molar-refractivity contribution in [2.24, 2.45) is 0 Å². The van der Waals surface area contributed by atoms with Gasteiger partial charge in [-0.3, -0.25) is 10.1 Å². The van der Waals surface area contributed by atoms with E-state index in [4.69, 9.17) is 32.7 Å². The van der Waals surface area contributed by atoms with Crippen LogP contribution in [0.1, 0.15) is 17.3 Å². The van der Waals surface area contributed by atoms with Gasteiger partial charge in [-0.25, -0.2) is 4.79 Å². The molecule has 1 aromatic rings. The van der Waals surface area contributed by atoms with Crippen LogP contribution in [0, 0.1) is 10.1 Å². The topological polar surface area (TPSA) is 78.7 Å². The van der Waals surface area contributed by atoms with Crippen molar-refractivity contribution >= 4 is 34.9 Å². The molecule has 19 heavy (non-hydrogen) atoms. The molecular formula is C11H11Cl2NO5. The number of carbonyl (C=O) groups excluding carboxylic acids is 1. The van der Waals surface area contributed by atoms with Crippen molar-refractivity contribution < 1.29 is 19.2 Å². The van der Waals surface area contributed by atoms with Crippen LogP contribution < -0.4 is 0 Å². The number of carbonyl (C=O) groups is 1. The van der Waals surface area contributed by atoms with E-state index >= 15 is 0 Å². The fraction of sp³-hybridized carbons (Fsp3) is 0.364. The Balaban J connectivity index is 3.01. The molecular weight excluding hydrogens is 297 g/mol. The van der Waals surface area contributed by atoms with Crippen LogP contribution in [-0.2, 0) is 9.47 Å². The Hall–Kier alpha value is -1.37. The molecule has 0 aliphatic carbocycles. The highest BCUT2D eigenvalue weighted by Gasteiger charge is 2.21. The number of nitro groups is 1. The predicted octanol–water partition coefficient (Wildman–Crippen LogP) is 3.09. The van der Waals surface area contributed by atoms with E-state index in [1.165, 1.54) is 13.2 Å². The van der Waals surface area contributed by atoms with Crippen molar-refractivity contribution in [3.63, 3.8) is 0 Å². The number of esters is 1. The number of methoxy groups -OCH3 is 1. The number of rotatable bonds is 5. The molecule has 1 rings (SSSR count). The smallest absolute Gasteiger partial charge is 0.338 e. The highest BCUT2D eigenvalue weighted by Crippen LogP contribution is 2.33. The minimum atomic E-state index is -0.730. The van der Waals surface area contributed by atoms with Crippen molar-refractivity contribution in [2.45, 2.75) is 13.0 Å². The number of hydrogen-bond donors (Lipinski definition) is 0. The summed E-state index contributed by atoms with van der Waals surface area (Å²) in [4.78, 5) is 21.8. The summed E-state index contributed by atoms with van der Waals surface area (Å²) in [6.07, 6.45) is -0.481. The summed E-state index contributed by atoms with van der Waals surface area (Å²) in [6.45, 7) is 1.85. The van der Waals surface area contributed by atoms with Gasteiger partial charge < -0.3 is 9.47 Å². The summed E-state index contributed by atoms with van der Waals surface area (Å²) in [5.74, 6) is -0.730. The van der Waals surface area contributed by atoms with Gasteiger partial charge in [0.2, 0.25) is 0 Å². The molecule has 104 valence electrons. The molecule has 0 saturated carbocycles. The third-order valence-corrected chi connectivity index (χ3v) is 2.94. The first-order chi connectivity index (χ1) is 8.86. The lowest BCUT2D eigenvalue weighted by atomic mass is 10.2. The highest BCUT2D eigenvalue weighted by atomic mass is 35.5. The molecule has 0 saturated heterocycles. The summed E-state index contributed by atoms with van der Waals surface area (Å²) in [5.41, 5.74) is -0.482. The lowest BCUT2D eigenvalue weighted by molar-refractivity contribution is -0.384. The normalized spacial score (nSPS) is 12.0. The summed E-state index contributed by atoms with van der Waals surface area (Å²) >= 11 is 11.4. The summed E-state index contributed by atoms with van der Waals surface area (Å²) in [5, 5.41) is 10.5. The van der Waals surface area contributed by atoms with Crippen molar-refractivity contribution in [2.75, 3.05) is 13.7 Å². The molecule has 0 aliphatic rings. The Morgan fingerprint density at radius 1 is 1.47 bits per heavy atom. The van der Waals surface area contributed by atoms with Crippen molar-refractivity contribution in [1.29, 1.82) is 0 Å². The van der Waals surface area contributed by atoms with Gasteiger partial charge in [0.05, 0.1) is 22.1 Å². The number of ether oxygens (including phenoxy) is 2. The zero-order chi connectivity index (χ0) is 14.6. The van der Waals surface area contributed by atoms with Gasteiger partial charge in [-0.2, -0.15) is 0 Å². The summed E-state index contributed by atoms with van der Waals surface area (Å²) < 4.78 is 9.83. The van der Waals surface area contributed by atoms with Gasteiger partial charge in [0.25, 0.3) is 5.69 Å². The van der Waals surface area contributed by atoms with Gasteiger partial charge >= 0.3 is 5.97 Å². The van der Waals surface area contributed by atoms with E-state index < -0.39 is 22.7 Å². The Kier molecular flexibility index (Phi) is 5.53. The standard InChI is InChI=1S/C11H11Cl2NO5/c1-6(5-18-2)19-11(15)7-3-8(12)10(13)9(4-7)14(16)17/h3-4,6H,5H2,1-2H3. The lowest BCUT2D eigenvalue weighted by Crippen LogP contribution is -2.19. The van der Waals surface area contributed by atoms with E-state index in [0.29, 0.717) is 0 Å². The third kappa shape index (κ3) is 4.05. The number of nitrogens with zero attached hydrogens (tertiary/aromatic N) is 1. The van der Waals surface area contributed by atoms with E-state index in [2.05, 4.69) is 0 Å². The molecule has 8 heteroatoms. The zero-order valence-electron chi connectivity index (χ0n) is 10.2. The maximum atomic E-state index is 11.8. The van der Waals surface area contributed by atoms with Gasteiger partial charge in [0, 0.05) is 13.2 Å². The van der Waals surface area contributed by atoms with Crippen LogP contribution in [0.15, 0.2) is 12.1 Å². The molecule has 1 atom stereocenters. The number of hydrogen-bond acceptors (Lipinski definition) is 5. The van der Waals surface area contributed by atoms with Crippen LogP contribution in [0.25, 0.3) is 0 Å². The Morgan fingerprint density at radius 2 is 2.11 bits per heavy atom. The van der Waals surface area contributed by atoms with E-state index in [-0.39, 0.29) is 22.2 Å². The van der Waals surface area contributed by atoms with Gasteiger partial charge in [-0.1, -0.05) is 23.2 Å². The molecule has 0 spiro atoms. The van der Waals surface area contributed by atoms with Crippen LogP contribution in [-0.4, -0.2) is 30.7 Å². The molecule has 6 nitrogen and oxygen atoms in total. The molecule has 0 fully saturated rings. The second-order valence-corrected chi connectivity index (χ2v) is 4.50. The minimum absolute atomic E-state index is 0.0379. The Labute approximate surface area is 119 Å². The van der Waals surface area contributed by atoms with E-state index in [9.17, 15) is 14.9 Å². The fourth-order valence-electron chi connectivity index (χ4n) is 1.34. The van der Waals surface area contributed by atoms with Gasteiger partial charge in [-0.15, -0.1) is 0 Å². The lowest BCUT2D eigenvalue weighted by Gasteiger charge is -2.12. The molecule has 1 unspecified atom stereocenters. The zero-order valence-corrected chi connectivity index (χ0v) is 11.7. The summed E-state index contributed by atoms with van der Waals surface area (Å²) in [7, 11) is 1.47. The van der Waals surface area contributed by atoms with Crippen LogP contribution in [0.4, 0.5) is 5.69 Å². The van der Waals surface area contributed by atoms with E-state index in [1.54, 1.807) is 6.92 Å².